The van der Waals surface area contributed by atoms with Crippen LogP contribution < -0.4 is 10.2 Å². The zero-order valence-electron chi connectivity index (χ0n) is 13.9. The molecule has 0 bridgehead atoms. The first-order valence-electron chi connectivity index (χ1n) is 8.14. The zero-order chi connectivity index (χ0) is 17.8. The predicted molar refractivity (Wildman–Crippen MR) is 98.0 cm³/mol. The number of carbonyl (C=O) groups is 2. The maximum atomic E-state index is 12.2. The van der Waals surface area contributed by atoms with Crippen LogP contribution in [0.3, 0.4) is 0 Å². The van der Waals surface area contributed by atoms with E-state index < -0.39 is 0 Å². The minimum atomic E-state index is -0.169. The van der Waals surface area contributed by atoms with Crippen LogP contribution in [0.15, 0.2) is 42.6 Å². The number of hydrogen-bond acceptors (Lipinski definition) is 3. The van der Waals surface area contributed by atoms with Crippen LogP contribution in [0, 0.1) is 0 Å². The lowest BCUT2D eigenvalue weighted by Gasteiger charge is -2.16. The van der Waals surface area contributed by atoms with E-state index in [-0.39, 0.29) is 18.4 Å². The summed E-state index contributed by atoms with van der Waals surface area (Å²) in [6.45, 7) is 3.96. The summed E-state index contributed by atoms with van der Waals surface area (Å²) in [4.78, 5) is 32.0. The lowest BCUT2D eigenvalue weighted by molar-refractivity contribution is -0.115. The molecule has 25 heavy (non-hydrogen) atoms. The number of benzene rings is 1. The average molecular weight is 359 g/mol. The number of rotatable bonds is 5. The van der Waals surface area contributed by atoms with Gasteiger partial charge in [-0.2, -0.15) is 0 Å². The summed E-state index contributed by atoms with van der Waals surface area (Å²) in [6.07, 6.45) is 1.75. The first kappa shape index (κ1) is 17.2. The van der Waals surface area contributed by atoms with Crippen LogP contribution in [-0.4, -0.2) is 41.5 Å². The maximum Gasteiger partial charge on any atom is 0.325 e. The first-order valence-corrected chi connectivity index (χ1v) is 8.52. The fourth-order valence-electron chi connectivity index (χ4n) is 2.73. The lowest BCUT2D eigenvalue weighted by Crippen LogP contribution is -2.32. The number of anilines is 2. The van der Waals surface area contributed by atoms with E-state index >= 15 is 0 Å². The summed E-state index contributed by atoms with van der Waals surface area (Å²) >= 11 is 6.07. The van der Waals surface area contributed by atoms with Crippen molar-refractivity contribution in [2.24, 2.45) is 0 Å². The summed E-state index contributed by atoms with van der Waals surface area (Å²) in [5, 5.41) is 3.36. The van der Waals surface area contributed by atoms with Crippen molar-refractivity contribution in [1.82, 2.24) is 9.88 Å². The molecule has 1 fully saturated rings. The van der Waals surface area contributed by atoms with Crippen LogP contribution in [0.25, 0.3) is 0 Å². The van der Waals surface area contributed by atoms with E-state index in [1.165, 1.54) is 0 Å². The molecule has 1 saturated heterocycles. The molecule has 0 aliphatic carbocycles. The Morgan fingerprint density at radius 3 is 2.68 bits per heavy atom. The number of halogens is 1. The normalized spacial score (nSPS) is 14.1. The van der Waals surface area contributed by atoms with Gasteiger partial charge in [-0.1, -0.05) is 29.8 Å². The summed E-state index contributed by atoms with van der Waals surface area (Å²) in [5.74, 6) is 0.419. The van der Waals surface area contributed by atoms with Crippen LogP contribution in [0.5, 0.6) is 0 Å². The Hall–Kier alpha value is -2.60. The molecule has 6 nitrogen and oxygen atoms in total. The van der Waals surface area contributed by atoms with Crippen molar-refractivity contribution in [3.63, 3.8) is 0 Å². The monoisotopic (exact) mass is 358 g/mol. The van der Waals surface area contributed by atoms with Crippen LogP contribution in [0.4, 0.5) is 16.3 Å². The second-order valence-corrected chi connectivity index (χ2v) is 6.14. The van der Waals surface area contributed by atoms with Crippen molar-refractivity contribution in [3.8, 4) is 0 Å². The Labute approximate surface area is 151 Å². The van der Waals surface area contributed by atoms with E-state index in [2.05, 4.69) is 10.3 Å². The highest BCUT2D eigenvalue weighted by molar-refractivity contribution is 6.31. The number of amides is 3. The minimum Gasteiger partial charge on any atom is -0.324 e. The van der Waals surface area contributed by atoms with E-state index in [0.29, 0.717) is 36.2 Å². The molecule has 0 radical (unpaired) electrons. The second-order valence-electron chi connectivity index (χ2n) is 5.74. The topological polar surface area (TPSA) is 65.5 Å². The Morgan fingerprint density at radius 1 is 1.24 bits per heavy atom. The molecule has 7 heteroatoms. The van der Waals surface area contributed by atoms with Gasteiger partial charge >= 0.3 is 6.03 Å². The minimum absolute atomic E-state index is 0.0366. The van der Waals surface area contributed by atoms with E-state index in [9.17, 15) is 9.59 Å². The van der Waals surface area contributed by atoms with Crippen molar-refractivity contribution in [1.29, 1.82) is 0 Å². The molecule has 3 rings (SSSR count). The SMILES string of the molecule is CCN1CCN(c2ccc(NC(=O)Cc3ccccc3Cl)cn2)C1=O. The highest BCUT2D eigenvalue weighted by Gasteiger charge is 2.28. The van der Waals surface area contributed by atoms with Crippen molar-refractivity contribution >= 4 is 35.0 Å². The van der Waals surface area contributed by atoms with E-state index in [0.717, 1.165) is 5.56 Å². The molecule has 3 amide bonds. The number of nitrogens with zero attached hydrogens (tertiary/aromatic N) is 3. The van der Waals surface area contributed by atoms with Gasteiger partial charge in [-0.15, -0.1) is 0 Å². The number of likely N-dealkylation sites (N-methyl/N-ethyl adjacent to an activating group) is 1. The van der Waals surface area contributed by atoms with Gasteiger partial charge in [0.05, 0.1) is 18.3 Å². The highest BCUT2D eigenvalue weighted by Crippen LogP contribution is 2.20. The molecular weight excluding hydrogens is 340 g/mol. The Morgan fingerprint density at radius 2 is 2.04 bits per heavy atom. The van der Waals surface area contributed by atoms with Crippen molar-refractivity contribution < 1.29 is 9.59 Å². The molecule has 0 atom stereocenters. The standard InChI is InChI=1S/C18H19ClN4O2/c1-2-22-9-10-23(18(22)25)16-8-7-14(12-20-16)21-17(24)11-13-5-3-4-6-15(13)19/h3-8,12H,2,9-11H2,1H3,(H,21,24). The fourth-order valence-corrected chi connectivity index (χ4v) is 2.93. The molecule has 0 saturated carbocycles. The number of pyridine rings is 1. The lowest BCUT2D eigenvalue weighted by atomic mass is 10.1. The molecule has 1 aliphatic rings. The number of nitrogens with one attached hydrogen (secondary N) is 1. The Kier molecular flexibility index (Phi) is 5.19. The molecule has 2 heterocycles. The van der Waals surface area contributed by atoms with Gasteiger partial charge in [0, 0.05) is 24.7 Å². The van der Waals surface area contributed by atoms with Crippen molar-refractivity contribution in [2.45, 2.75) is 13.3 Å². The fraction of sp³-hybridized carbons (Fsp3) is 0.278. The zero-order valence-corrected chi connectivity index (χ0v) is 14.7. The molecule has 1 aromatic carbocycles. The van der Waals surface area contributed by atoms with E-state index in [1.807, 2.05) is 25.1 Å². The second kappa shape index (κ2) is 7.53. The molecule has 1 aliphatic heterocycles. The highest BCUT2D eigenvalue weighted by atomic mass is 35.5. The predicted octanol–water partition coefficient (Wildman–Crippen LogP) is 3.18. The molecule has 130 valence electrons. The Bertz CT molecular complexity index is 779. The van der Waals surface area contributed by atoms with Crippen LogP contribution in [0.1, 0.15) is 12.5 Å². The molecule has 0 spiro atoms. The van der Waals surface area contributed by atoms with E-state index in [4.69, 9.17) is 11.6 Å². The van der Waals surface area contributed by atoms with Gasteiger partial charge < -0.3 is 10.2 Å². The van der Waals surface area contributed by atoms with Gasteiger partial charge in [0.15, 0.2) is 0 Å². The summed E-state index contributed by atoms with van der Waals surface area (Å²) in [5.41, 5.74) is 1.35. The third-order valence-electron chi connectivity index (χ3n) is 4.09. The molecule has 1 N–H and O–H groups in total. The number of urea groups is 1. The third kappa shape index (κ3) is 3.91. The summed E-state index contributed by atoms with van der Waals surface area (Å²) in [7, 11) is 0. The van der Waals surface area contributed by atoms with Gasteiger partial charge in [0.2, 0.25) is 5.91 Å². The van der Waals surface area contributed by atoms with E-state index in [1.54, 1.807) is 34.2 Å². The van der Waals surface area contributed by atoms with Crippen LogP contribution in [-0.2, 0) is 11.2 Å². The number of carbonyl (C=O) groups excluding carboxylic acids is 2. The van der Waals surface area contributed by atoms with Crippen LogP contribution in [0.2, 0.25) is 5.02 Å². The largest absolute Gasteiger partial charge is 0.325 e. The van der Waals surface area contributed by atoms with Crippen molar-refractivity contribution in [3.05, 3.63) is 53.2 Å². The molecule has 2 aromatic rings. The van der Waals surface area contributed by atoms with Gasteiger partial charge in [0.1, 0.15) is 5.82 Å². The first-order chi connectivity index (χ1) is 12.1. The Balaban J connectivity index is 1.62. The summed E-state index contributed by atoms with van der Waals surface area (Å²) < 4.78 is 0. The van der Waals surface area contributed by atoms with Crippen LogP contribution >= 0.6 is 11.6 Å². The number of aromatic nitrogens is 1. The maximum absolute atomic E-state index is 12.2. The molecule has 0 unspecified atom stereocenters. The van der Waals surface area contributed by atoms with Gasteiger partial charge in [-0.3, -0.25) is 9.69 Å². The smallest absolute Gasteiger partial charge is 0.324 e. The van der Waals surface area contributed by atoms with Gasteiger partial charge in [-0.25, -0.2) is 9.78 Å². The molecule has 1 aromatic heterocycles. The quantitative estimate of drug-likeness (QED) is 0.892. The summed E-state index contributed by atoms with van der Waals surface area (Å²) in [6, 6.07) is 10.7. The average Bonchev–Trinajstić information content (AvgIpc) is 2.98. The number of hydrogen-bond donors (Lipinski definition) is 1. The molecular formula is C18H19ClN4O2. The van der Waals surface area contributed by atoms with Gasteiger partial charge in [-0.05, 0) is 30.7 Å². The van der Waals surface area contributed by atoms with Crippen molar-refractivity contribution in [2.75, 3.05) is 29.9 Å². The third-order valence-corrected chi connectivity index (χ3v) is 4.46. The van der Waals surface area contributed by atoms with Gasteiger partial charge in [0.25, 0.3) is 0 Å².